The molecule has 0 aliphatic heterocycles. The second-order valence-electron chi connectivity index (χ2n) is 2.61. The standard InChI is InChI=1S/C7H14ClN2OP/c1-7(2)10(4)12(8)11-6-5-9-3/h7H,5-6H2,1-2,4H3. The second kappa shape index (κ2) is 6.62. The first kappa shape index (κ1) is 12.1. The molecule has 0 heterocycles. The Labute approximate surface area is 80.1 Å². The average molecular weight is 209 g/mol. The molecule has 0 rings (SSSR count). The molecule has 0 saturated heterocycles. The third kappa shape index (κ3) is 4.90. The zero-order valence-electron chi connectivity index (χ0n) is 7.62. The average Bonchev–Trinajstić information content (AvgIpc) is 2.03. The zero-order valence-corrected chi connectivity index (χ0v) is 9.27. The van der Waals surface area contributed by atoms with E-state index in [4.69, 9.17) is 22.3 Å². The monoisotopic (exact) mass is 208 g/mol. The molecule has 1 unspecified atom stereocenters. The molecule has 0 fully saturated rings. The number of nitrogens with zero attached hydrogens (tertiary/aromatic N) is 2. The van der Waals surface area contributed by atoms with Crippen LogP contribution in [0.25, 0.3) is 4.85 Å². The van der Waals surface area contributed by atoms with Crippen LogP contribution in [-0.2, 0) is 4.52 Å². The van der Waals surface area contributed by atoms with E-state index in [0.29, 0.717) is 19.2 Å². The number of hydrogen-bond acceptors (Lipinski definition) is 2. The predicted molar refractivity (Wildman–Crippen MR) is 53.1 cm³/mol. The van der Waals surface area contributed by atoms with Gasteiger partial charge in [-0.25, -0.2) is 11.2 Å². The van der Waals surface area contributed by atoms with Crippen molar-refractivity contribution < 1.29 is 4.52 Å². The molecule has 0 amide bonds. The maximum Gasteiger partial charge on any atom is 0.238 e. The molecule has 0 saturated carbocycles. The minimum atomic E-state index is -1.03. The molecule has 0 spiro atoms. The van der Waals surface area contributed by atoms with Gasteiger partial charge in [0, 0.05) is 6.04 Å². The van der Waals surface area contributed by atoms with E-state index in [2.05, 4.69) is 18.7 Å². The minimum absolute atomic E-state index is 0.376. The van der Waals surface area contributed by atoms with E-state index in [9.17, 15) is 0 Å². The van der Waals surface area contributed by atoms with Crippen LogP contribution in [0.3, 0.4) is 0 Å². The summed E-state index contributed by atoms with van der Waals surface area (Å²) in [6.07, 6.45) is 0. The number of rotatable bonds is 5. The predicted octanol–water partition coefficient (Wildman–Crippen LogP) is 2.73. The van der Waals surface area contributed by atoms with E-state index in [-0.39, 0.29) is 0 Å². The SMILES string of the molecule is [C-]#[N+]CCOP(Cl)N(C)C(C)C. The molecule has 12 heavy (non-hydrogen) atoms. The molecule has 3 nitrogen and oxygen atoms in total. The summed E-state index contributed by atoms with van der Waals surface area (Å²) in [5, 5.41) is 0. The van der Waals surface area contributed by atoms with Crippen LogP contribution in [0.1, 0.15) is 13.8 Å². The fourth-order valence-electron chi connectivity index (χ4n) is 0.434. The van der Waals surface area contributed by atoms with Crippen LogP contribution in [-0.4, -0.2) is 30.9 Å². The van der Waals surface area contributed by atoms with E-state index in [1.165, 1.54) is 0 Å². The quantitative estimate of drug-likeness (QED) is 0.393. The van der Waals surface area contributed by atoms with Gasteiger partial charge in [-0.1, -0.05) is 0 Å². The lowest BCUT2D eigenvalue weighted by Crippen LogP contribution is -2.20. The van der Waals surface area contributed by atoms with Crippen LogP contribution >= 0.6 is 18.9 Å². The number of halogens is 1. The molecule has 0 aromatic rings. The highest BCUT2D eigenvalue weighted by atomic mass is 35.7. The normalized spacial score (nSPS) is 13.4. The van der Waals surface area contributed by atoms with Crippen molar-refractivity contribution >= 4 is 18.9 Å². The summed E-state index contributed by atoms with van der Waals surface area (Å²) < 4.78 is 7.21. The Bertz CT molecular complexity index is 160. The summed E-state index contributed by atoms with van der Waals surface area (Å²) in [6.45, 7) is 11.5. The Morgan fingerprint density at radius 2 is 2.25 bits per heavy atom. The molecule has 70 valence electrons. The minimum Gasteiger partial charge on any atom is -0.324 e. The van der Waals surface area contributed by atoms with Crippen molar-refractivity contribution in [2.75, 3.05) is 20.2 Å². The van der Waals surface area contributed by atoms with Gasteiger partial charge in [-0.2, -0.15) is 0 Å². The number of hydrogen-bond donors (Lipinski definition) is 0. The molecule has 0 aliphatic carbocycles. The Morgan fingerprint density at radius 3 is 2.67 bits per heavy atom. The van der Waals surface area contributed by atoms with Crippen LogP contribution in [0.5, 0.6) is 0 Å². The van der Waals surface area contributed by atoms with Crippen molar-refractivity contribution in [3.63, 3.8) is 0 Å². The van der Waals surface area contributed by atoms with Crippen molar-refractivity contribution in [2.24, 2.45) is 0 Å². The van der Waals surface area contributed by atoms with Gasteiger partial charge < -0.3 is 9.37 Å². The fraction of sp³-hybridized carbons (Fsp3) is 0.857. The van der Waals surface area contributed by atoms with Crippen LogP contribution in [0.2, 0.25) is 0 Å². The summed E-state index contributed by atoms with van der Waals surface area (Å²) in [5.41, 5.74) is 0. The first-order valence-electron chi connectivity index (χ1n) is 3.74. The molecule has 0 N–H and O–H groups in total. The van der Waals surface area contributed by atoms with Crippen LogP contribution in [0, 0.1) is 6.57 Å². The highest BCUT2D eigenvalue weighted by molar-refractivity contribution is 7.78. The lowest BCUT2D eigenvalue weighted by molar-refractivity contribution is 0.327. The molecule has 0 aliphatic rings. The fourth-order valence-corrected chi connectivity index (χ4v) is 1.94. The molecule has 1 atom stereocenters. The van der Waals surface area contributed by atoms with E-state index in [1.807, 2.05) is 11.7 Å². The lowest BCUT2D eigenvalue weighted by atomic mass is 10.4. The molecule has 5 heteroatoms. The second-order valence-corrected chi connectivity index (χ2v) is 4.82. The topological polar surface area (TPSA) is 16.8 Å². The molecule has 0 bridgehead atoms. The Kier molecular flexibility index (Phi) is 6.70. The molecule has 0 radical (unpaired) electrons. The summed E-state index contributed by atoms with van der Waals surface area (Å²) in [4.78, 5) is 3.17. The van der Waals surface area contributed by atoms with E-state index < -0.39 is 7.65 Å². The summed E-state index contributed by atoms with van der Waals surface area (Å²) in [5.74, 6) is 0. The highest BCUT2D eigenvalue weighted by Crippen LogP contribution is 2.46. The van der Waals surface area contributed by atoms with E-state index in [0.717, 1.165) is 0 Å². The Hall–Kier alpha value is 0.130. The van der Waals surface area contributed by atoms with Crippen LogP contribution < -0.4 is 0 Å². The largest absolute Gasteiger partial charge is 0.324 e. The summed E-state index contributed by atoms with van der Waals surface area (Å²) >= 11 is 5.93. The van der Waals surface area contributed by atoms with Gasteiger partial charge in [0.15, 0.2) is 0 Å². The van der Waals surface area contributed by atoms with Crippen molar-refractivity contribution in [3.05, 3.63) is 11.4 Å². The maximum absolute atomic E-state index is 6.53. The Morgan fingerprint density at radius 1 is 1.67 bits per heavy atom. The van der Waals surface area contributed by atoms with Gasteiger partial charge in [0.2, 0.25) is 14.2 Å². The van der Waals surface area contributed by atoms with Crippen molar-refractivity contribution in [2.45, 2.75) is 19.9 Å². The Balaban J connectivity index is 3.58. The van der Waals surface area contributed by atoms with Crippen molar-refractivity contribution in [1.29, 1.82) is 0 Å². The van der Waals surface area contributed by atoms with Gasteiger partial charge in [-0.05, 0) is 32.1 Å². The molecular weight excluding hydrogens is 195 g/mol. The van der Waals surface area contributed by atoms with Crippen molar-refractivity contribution in [3.8, 4) is 0 Å². The van der Waals surface area contributed by atoms with E-state index >= 15 is 0 Å². The van der Waals surface area contributed by atoms with Gasteiger partial charge in [0.25, 0.3) is 0 Å². The van der Waals surface area contributed by atoms with Gasteiger partial charge in [0.1, 0.15) is 6.61 Å². The molecular formula is C7H14ClN2OP. The van der Waals surface area contributed by atoms with Gasteiger partial charge in [-0.15, -0.1) is 0 Å². The van der Waals surface area contributed by atoms with Crippen LogP contribution in [0.4, 0.5) is 0 Å². The van der Waals surface area contributed by atoms with Crippen LogP contribution in [0.15, 0.2) is 0 Å². The molecule has 0 aromatic heterocycles. The van der Waals surface area contributed by atoms with Gasteiger partial charge in [-0.3, -0.25) is 0 Å². The van der Waals surface area contributed by atoms with Crippen molar-refractivity contribution in [1.82, 2.24) is 4.67 Å². The first-order chi connectivity index (χ1) is 5.59. The van der Waals surface area contributed by atoms with Gasteiger partial charge in [0.05, 0.1) is 0 Å². The first-order valence-corrected chi connectivity index (χ1v) is 5.86. The van der Waals surface area contributed by atoms with E-state index in [1.54, 1.807) is 0 Å². The maximum atomic E-state index is 6.53. The lowest BCUT2D eigenvalue weighted by Gasteiger charge is -2.24. The third-order valence-electron chi connectivity index (χ3n) is 1.40. The van der Waals surface area contributed by atoms with Gasteiger partial charge >= 0.3 is 0 Å². The highest BCUT2D eigenvalue weighted by Gasteiger charge is 2.15. The third-order valence-corrected chi connectivity index (χ3v) is 3.76. The summed E-state index contributed by atoms with van der Waals surface area (Å²) in [6, 6.07) is 0.376. The molecule has 0 aromatic carbocycles. The zero-order chi connectivity index (χ0) is 9.56. The smallest absolute Gasteiger partial charge is 0.238 e. The summed E-state index contributed by atoms with van der Waals surface area (Å²) in [7, 11) is 0.887.